The van der Waals surface area contributed by atoms with Crippen molar-refractivity contribution in [1.29, 1.82) is 0 Å². The fourth-order valence-electron chi connectivity index (χ4n) is 3.43. The van der Waals surface area contributed by atoms with Crippen LogP contribution >= 0.6 is 11.6 Å². The van der Waals surface area contributed by atoms with E-state index in [1.807, 2.05) is 0 Å². The Morgan fingerprint density at radius 3 is 2.88 bits per heavy atom. The summed E-state index contributed by atoms with van der Waals surface area (Å²) < 4.78 is 38.6. The predicted molar refractivity (Wildman–Crippen MR) is 95.3 cm³/mol. The van der Waals surface area contributed by atoms with Gasteiger partial charge in [0.25, 0.3) is 5.92 Å². The Labute approximate surface area is 156 Å². The van der Waals surface area contributed by atoms with Gasteiger partial charge >= 0.3 is 0 Å². The molecule has 0 spiro atoms. The molecule has 0 unspecified atom stereocenters. The van der Waals surface area contributed by atoms with Crippen LogP contribution in [0, 0.1) is 13.5 Å². The lowest BCUT2D eigenvalue weighted by Crippen LogP contribution is -2.36. The summed E-state index contributed by atoms with van der Waals surface area (Å²) in [6.07, 6.45) is -0.185. The van der Waals surface area contributed by atoms with E-state index in [4.69, 9.17) is 27.6 Å². The zero-order valence-electron chi connectivity index (χ0n) is 14.6. The van der Waals surface area contributed by atoms with Crippen molar-refractivity contribution in [3.8, 4) is 0 Å². The first kappa shape index (κ1) is 19.0. The average Bonchev–Trinajstić information content (AvgIpc) is 3.06. The lowest BCUT2D eigenvalue weighted by atomic mass is 9.95. The molecule has 1 aromatic rings. The van der Waals surface area contributed by atoms with E-state index in [1.165, 1.54) is 5.01 Å². The van der Waals surface area contributed by atoms with Crippen molar-refractivity contribution in [3.05, 3.63) is 39.7 Å². The summed E-state index contributed by atoms with van der Waals surface area (Å²) in [7, 11) is 1.60. The Kier molecular flexibility index (Phi) is 5.47. The van der Waals surface area contributed by atoms with E-state index in [-0.39, 0.29) is 6.42 Å². The number of benzene rings is 1. The summed E-state index contributed by atoms with van der Waals surface area (Å²) >= 11 is 6.28. The molecule has 8 heteroatoms. The van der Waals surface area contributed by atoms with Gasteiger partial charge in [-0.25, -0.2) is 13.6 Å². The van der Waals surface area contributed by atoms with Crippen LogP contribution in [-0.2, 0) is 9.47 Å². The molecule has 3 rings (SSSR count). The number of rotatable bonds is 6. The van der Waals surface area contributed by atoms with Gasteiger partial charge < -0.3 is 9.47 Å². The molecule has 140 valence electrons. The van der Waals surface area contributed by atoms with Gasteiger partial charge in [0.1, 0.15) is 12.6 Å². The Morgan fingerprint density at radius 2 is 2.19 bits per heavy atom. The molecule has 1 saturated heterocycles. The molecule has 5 nitrogen and oxygen atoms in total. The van der Waals surface area contributed by atoms with Crippen LogP contribution in [0.1, 0.15) is 24.0 Å². The monoisotopic (exact) mass is 383 g/mol. The second kappa shape index (κ2) is 7.47. The average molecular weight is 384 g/mol. The van der Waals surface area contributed by atoms with Crippen molar-refractivity contribution >= 4 is 23.0 Å². The topological polar surface area (TPSA) is 38.4 Å². The van der Waals surface area contributed by atoms with E-state index >= 15 is 0 Å². The van der Waals surface area contributed by atoms with E-state index in [2.05, 4.69) is 9.95 Å². The van der Waals surface area contributed by atoms with Gasteiger partial charge in [-0.2, -0.15) is 5.10 Å². The molecule has 0 bridgehead atoms. The number of hydrogen-bond acceptors (Lipinski definition) is 4. The smallest absolute Gasteiger partial charge is 0.269 e. The van der Waals surface area contributed by atoms with E-state index < -0.39 is 24.6 Å². The first-order chi connectivity index (χ1) is 12.4. The third kappa shape index (κ3) is 3.54. The van der Waals surface area contributed by atoms with Crippen molar-refractivity contribution in [2.24, 2.45) is 5.10 Å². The van der Waals surface area contributed by atoms with Crippen LogP contribution in [0.25, 0.3) is 4.85 Å². The predicted octanol–water partition coefficient (Wildman–Crippen LogP) is 4.05. The highest BCUT2D eigenvalue weighted by Crippen LogP contribution is 2.40. The van der Waals surface area contributed by atoms with Crippen molar-refractivity contribution in [2.45, 2.75) is 37.8 Å². The molecular formula is C18H20ClF2N3O2. The molecule has 2 atom stereocenters. The fraction of sp³-hybridized carbons (Fsp3) is 0.556. The van der Waals surface area contributed by atoms with Gasteiger partial charge in [-0.05, 0) is 18.9 Å². The minimum absolute atomic E-state index is 0.290. The van der Waals surface area contributed by atoms with Crippen LogP contribution < -0.4 is 0 Å². The van der Waals surface area contributed by atoms with Crippen LogP contribution in [0.2, 0.25) is 5.02 Å². The highest BCUT2D eigenvalue weighted by atomic mass is 35.5. The number of methoxy groups -OCH3 is 1. The van der Waals surface area contributed by atoms with Crippen LogP contribution in [0.5, 0.6) is 0 Å². The first-order valence-corrected chi connectivity index (χ1v) is 8.76. The number of ether oxygens (including phenoxy) is 2. The normalized spacial score (nSPS) is 23.7. The third-order valence-electron chi connectivity index (χ3n) is 4.69. The maximum Gasteiger partial charge on any atom is 0.269 e. The highest BCUT2D eigenvalue weighted by molar-refractivity contribution is 6.34. The van der Waals surface area contributed by atoms with Gasteiger partial charge in [-0.3, -0.25) is 5.01 Å². The van der Waals surface area contributed by atoms with Gasteiger partial charge in [0.05, 0.1) is 23.3 Å². The summed E-state index contributed by atoms with van der Waals surface area (Å²) in [6.45, 7) is 9.48. The molecular weight excluding hydrogens is 364 g/mol. The van der Waals surface area contributed by atoms with Gasteiger partial charge in [-0.15, -0.1) is 0 Å². The number of hydrogen-bond donors (Lipinski definition) is 0. The molecule has 1 fully saturated rings. The van der Waals surface area contributed by atoms with Crippen LogP contribution in [0.3, 0.4) is 0 Å². The first-order valence-electron chi connectivity index (χ1n) is 8.38. The van der Waals surface area contributed by atoms with E-state index in [0.29, 0.717) is 41.6 Å². The Morgan fingerprint density at radius 1 is 1.42 bits per heavy atom. The number of fused-ring (bicyclic) bond motifs is 1. The largest absolute Gasteiger partial charge is 0.385 e. The lowest BCUT2D eigenvalue weighted by Gasteiger charge is -2.22. The molecule has 0 radical (unpaired) electrons. The quantitative estimate of drug-likeness (QED) is 0.549. The summed E-state index contributed by atoms with van der Waals surface area (Å²) in [5, 5.41) is 6.21. The molecule has 0 saturated carbocycles. The number of hydrazone groups is 1. The summed E-state index contributed by atoms with van der Waals surface area (Å²) in [4.78, 5) is 3.39. The Hall–Kier alpha value is -1.75. The van der Waals surface area contributed by atoms with Gasteiger partial charge in [0.15, 0.2) is 0 Å². The SMILES string of the molecule is [C-]#[N+]c1ccc(C2=NN3CC(F)(F)C[C@H]3[C@@H]2OCCCOC)c(C)c1Cl. The van der Waals surface area contributed by atoms with Crippen LogP contribution in [0.4, 0.5) is 14.5 Å². The molecule has 2 aliphatic rings. The molecule has 2 heterocycles. The van der Waals surface area contributed by atoms with E-state index in [0.717, 1.165) is 5.56 Å². The van der Waals surface area contributed by atoms with E-state index in [1.54, 1.807) is 26.2 Å². The third-order valence-corrected chi connectivity index (χ3v) is 5.17. The number of halogens is 3. The molecule has 26 heavy (non-hydrogen) atoms. The zero-order valence-corrected chi connectivity index (χ0v) is 15.4. The number of alkyl halides is 2. The molecule has 1 aromatic carbocycles. The van der Waals surface area contributed by atoms with Crippen molar-refractivity contribution in [1.82, 2.24) is 5.01 Å². The number of nitrogens with zero attached hydrogens (tertiary/aromatic N) is 3. The van der Waals surface area contributed by atoms with Gasteiger partial charge in [-0.1, -0.05) is 23.7 Å². The molecule has 0 aliphatic carbocycles. The second-order valence-corrected chi connectivity index (χ2v) is 6.91. The van der Waals surface area contributed by atoms with Crippen LogP contribution in [0.15, 0.2) is 17.2 Å². The van der Waals surface area contributed by atoms with Crippen LogP contribution in [-0.4, -0.2) is 55.7 Å². The molecule has 2 aliphatic heterocycles. The standard InChI is InChI=1S/C18H20ClF2N3O2/c1-11-12(5-6-13(22-2)15(11)19)16-17(26-8-4-7-25-3)14-9-18(20,21)10-24(14)23-16/h5-6,14,17H,4,7-10H2,1,3H3/t14-,17-/m0/s1. The maximum atomic E-state index is 13.8. The summed E-state index contributed by atoms with van der Waals surface area (Å²) in [5.74, 6) is -2.77. The Balaban J connectivity index is 1.91. The second-order valence-electron chi connectivity index (χ2n) is 6.53. The van der Waals surface area contributed by atoms with Crippen molar-refractivity contribution in [2.75, 3.05) is 26.9 Å². The molecule has 0 aromatic heterocycles. The minimum Gasteiger partial charge on any atom is -0.385 e. The fourth-order valence-corrected chi connectivity index (χ4v) is 3.63. The highest BCUT2D eigenvalue weighted by Gasteiger charge is 2.53. The summed E-state index contributed by atoms with van der Waals surface area (Å²) in [5.41, 5.74) is 2.39. The Bertz CT molecular complexity index is 764. The zero-order chi connectivity index (χ0) is 18.9. The summed E-state index contributed by atoms with van der Waals surface area (Å²) in [6, 6.07) is 2.89. The van der Waals surface area contributed by atoms with Gasteiger partial charge in [0, 0.05) is 32.3 Å². The van der Waals surface area contributed by atoms with E-state index in [9.17, 15) is 8.78 Å². The van der Waals surface area contributed by atoms with Gasteiger partial charge in [0.2, 0.25) is 5.69 Å². The lowest BCUT2D eigenvalue weighted by molar-refractivity contribution is 0.00804. The molecule has 0 amide bonds. The maximum absolute atomic E-state index is 13.8. The van der Waals surface area contributed by atoms with Crippen molar-refractivity contribution < 1.29 is 18.3 Å². The van der Waals surface area contributed by atoms with Crippen molar-refractivity contribution in [3.63, 3.8) is 0 Å². The molecule has 0 N–H and O–H groups in total. The minimum atomic E-state index is -2.77.